The van der Waals surface area contributed by atoms with Crippen molar-refractivity contribution in [1.29, 1.82) is 0 Å². The highest BCUT2D eigenvalue weighted by atomic mass is 35.5. The van der Waals surface area contributed by atoms with Crippen molar-refractivity contribution >= 4 is 38.6 Å². The van der Waals surface area contributed by atoms with Gasteiger partial charge in [0.15, 0.2) is 0 Å². The molecule has 1 aliphatic rings. The molecule has 0 N–H and O–H groups in total. The molecule has 3 aromatic carbocycles. The van der Waals surface area contributed by atoms with Gasteiger partial charge in [-0.2, -0.15) is 4.31 Å². The average molecular weight is 555 g/mol. The number of rotatable bonds is 6. The van der Waals surface area contributed by atoms with Gasteiger partial charge in [-0.25, -0.2) is 13.1 Å². The molecule has 2 unspecified atom stereocenters. The van der Waals surface area contributed by atoms with E-state index in [9.17, 15) is 13.2 Å². The Labute approximate surface area is 226 Å². The van der Waals surface area contributed by atoms with Gasteiger partial charge in [0.1, 0.15) is 22.3 Å². The molecule has 0 spiro atoms. The number of para-hydroxylation sites is 1. The number of esters is 1. The summed E-state index contributed by atoms with van der Waals surface area (Å²) in [5, 5.41) is 8.70. The summed E-state index contributed by atoms with van der Waals surface area (Å²) >= 11 is 6.59. The van der Waals surface area contributed by atoms with Crippen molar-refractivity contribution in [3.63, 3.8) is 0 Å². The molecule has 1 aromatic heterocycles. The summed E-state index contributed by atoms with van der Waals surface area (Å²) < 4.78 is 41.1. The highest BCUT2D eigenvalue weighted by Gasteiger charge is 2.33. The fraction of sp³-hybridized carbons (Fsp3) is 0.296. The van der Waals surface area contributed by atoms with E-state index in [4.69, 9.17) is 21.1 Å². The predicted molar refractivity (Wildman–Crippen MR) is 143 cm³/mol. The van der Waals surface area contributed by atoms with Crippen LogP contribution in [0.4, 0.5) is 0 Å². The Balaban J connectivity index is 1.53. The lowest BCUT2D eigenvalue weighted by molar-refractivity contribution is -0.140. The quantitative estimate of drug-likeness (QED) is 0.327. The number of ether oxygens (including phenoxy) is 2. The minimum absolute atomic E-state index is 0.0468. The smallest absolute Gasteiger partial charge is 0.306 e. The molecule has 0 saturated heterocycles. The van der Waals surface area contributed by atoms with Gasteiger partial charge in [0, 0.05) is 24.5 Å². The number of carbonyl (C=O) groups is 1. The van der Waals surface area contributed by atoms with Crippen LogP contribution in [0, 0.1) is 0 Å². The lowest BCUT2D eigenvalue weighted by Crippen LogP contribution is -2.35. The summed E-state index contributed by atoms with van der Waals surface area (Å²) in [6.45, 7) is 2.04. The zero-order valence-corrected chi connectivity index (χ0v) is 22.7. The van der Waals surface area contributed by atoms with E-state index in [1.165, 1.54) is 11.4 Å². The third-order valence-electron chi connectivity index (χ3n) is 6.71. The molecule has 2 atom stereocenters. The number of aryl methyl sites for hydroxylation is 1. The zero-order valence-electron chi connectivity index (χ0n) is 21.2. The maximum Gasteiger partial charge on any atom is 0.306 e. The summed E-state index contributed by atoms with van der Waals surface area (Å²) in [6, 6.07) is 17.8. The van der Waals surface area contributed by atoms with Gasteiger partial charge in [0.25, 0.3) is 0 Å². The van der Waals surface area contributed by atoms with Crippen LogP contribution in [-0.4, -0.2) is 53.4 Å². The number of aromatic nitrogens is 3. The van der Waals surface area contributed by atoms with E-state index in [2.05, 4.69) is 10.3 Å². The van der Waals surface area contributed by atoms with Crippen molar-refractivity contribution in [2.24, 2.45) is 7.05 Å². The molecule has 11 heteroatoms. The average Bonchev–Trinajstić information content (AvgIpc) is 3.23. The van der Waals surface area contributed by atoms with Crippen LogP contribution in [-0.2, 0) is 33.1 Å². The van der Waals surface area contributed by atoms with E-state index >= 15 is 0 Å². The van der Waals surface area contributed by atoms with Gasteiger partial charge in [0.05, 0.1) is 25.6 Å². The number of benzene rings is 3. The van der Waals surface area contributed by atoms with Crippen LogP contribution in [0.5, 0.6) is 5.75 Å². The van der Waals surface area contributed by atoms with Crippen molar-refractivity contribution in [2.45, 2.75) is 36.8 Å². The molecule has 1 aliphatic heterocycles. The molecule has 0 amide bonds. The second-order valence-corrected chi connectivity index (χ2v) is 11.6. The predicted octanol–water partition coefficient (Wildman–Crippen LogP) is 4.29. The Morgan fingerprint density at radius 2 is 1.89 bits per heavy atom. The molecule has 4 aromatic rings. The Morgan fingerprint density at radius 1 is 1.16 bits per heavy atom. The summed E-state index contributed by atoms with van der Waals surface area (Å²) in [7, 11) is -0.675. The van der Waals surface area contributed by atoms with E-state index in [-0.39, 0.29) is 42.4 Å². The van der Waals surface area contributed by atoms with Gasteiger partial charge in [0.2, 0.25) is 10.0 Å². The van der Waals surface area contributed by atoms with Crippen molar-refractivity contribution in [1.82, 2.24) is 19.3 Å². The number of carbonyl (C=O) groups excluding carboxylic acids is 1. The van der Waals surface area contributed by atoms with Gasteiger partial charge in [-0.3, -0.25) is 4.79 Å². The Kier molecular flexibility index (Phi) is 7.13. The monoisotopic (exact) mass is 554 g/mol. The molecule has 198 valence electrons. The van der Waals surface area contributed by atoms with E-state index in [0.29, 0.717) is 21.9 Å². The molecule has 0 aliphatic carbocycles. The van der Waals surface area contributed by atoms with Crippen LogP contribution in [0.2, 0.25) is 5.02 Å². The van der Waals surface area contributed by atoms with Gasteiger partial charge in [-0.05, 0) is 53.9 Å². The Hall–Kier alpha value is -3.47. The van der Waals surface area contributed by atoms with Crippen molar-refractivity contribution < 1.29 is 22.7 Å². The first-order chi connectivity index (χ1) is 18.2. The lowest BCUT2D eigenvalue weighted by atomic mass is 9.87. The number of halogens is 1. The summed E-state index contributed by atoms with van der Waals surface area (Å²) in [5.41, 5.74) is 3.85. The van der Waals surface area contributed by atoms with Crippen molar-refractivity contribution in [3.8, 4) is 5.75 Å². The highest BCUT2D eigenvalue weighted by molar-refractivity contribution is 7.89. The van der Waals surface area contributed by atoms with Crippen LogP contribution in [0.15, 0.2) is 65.6 Å². The van der Waals surface area contributed by atoms with Crippen LogP contribution in [0.25, 0.3) is 11.0 Å². The molecule has 0 fully saturated rings. The summed E-state index contributed by atoms with van der Waals surface area (Å²) in [5.74, 6) is -0.406. The van der Waals surface area contributed by atoms with E-state index in [1.54, 1.807) is 35.0 Å². The van der Waals surface area contributed by atoms with Gasteiger partial charge >= 0.3 is 5.97 Å². The Bertz CT molecular complexity index is 1620. The first-order valence-corrected chi connectivity index (χ1v) is 13.9. The summed E-state index contributed by atoms with van der Waals surface area (Å²) in [4.78, 5) is 12.5. The maximum absolute atomic E-state index is 13.6. The van der Waals surface area contributed by atoms with E-state index in [1.807, 2.05) is 44.3 Å². The SMILES string of the molecule is COC(=O)CC(c1ccc(Cl)c(CN2CC(C)Oc3ccccc3S2(=O)=O)c1)c1ccc2c(c1)nnn2C. The number of hydrogen-bond acceptors (Lipinski definition) is 7. The topological polar surface area (TPSA) is 104 Å². The molecular weight excluding hydrogens is 528 g/mol. The minimum Gasteiger partial charge on any atom is -0.488 e. The van der Waals surface area contributed by atoms with Gasteiger partial charge < -0.3 is 9.47 Å². The van der Waals surface area contributed by atoms with Crippen LogP contribution in [0.1, 0.15) is 36.0 Å². The molecule has 38 heavy (non-hydrogen) atoms. The molecule has 5 rings (SSSR count). The first-order valence-electron chi connectivity index (χ1n) is 12.1. The normalized spacial score (nSPS) is 17.8. The molecule has 9 nitrogen and oxygen atoms in total. The fourth-order valence-corrected chi connectivity index (χ4v) is 6.55. The van der Waals surface area contributed by atoms with Crippen LogP contribution >= 0.6 is 11.6 Å². The van der Waals surface area contributed by atoms with E-state index < -0.39 is 10.0 Å². The first kappa shape index (κ1) is 26.1. The van der Waals surface area contributed by atoms with E-state index in [0.717, 1.165) is 16.6 Å². The van der Waals surface area contributed by atoms with Gasteiger partial charge in [-0.15, -0.1) is 5.10 Å². The van der Waals surface area contributed by atoms with Crippen molar-refractivity contribution in [2.75, 3.05) is 13.7 Å². The molecular formula is C27H27ClN4O5S. The number of nitrogens with zero attached hydrogens (tertiary/aromatic N) is 4. The van der Waals surface area contributed by atoms with Gasteiger partial charge in [-0.1, -0.05) is 47.1 Å². The van der Waals surface area contributed by atoms with Crippen LogP contribution in [0.3, 0.4) is 0 Å². The molecule has 0 radical (unpaired) electrons. The third kappa shape index (κ3) is 4.99. The summed E-state index contributed by atoms with van der Waals surface area (Å²) in [6.07, 6.45) is -0.273. The van der Waals surface area contributed by atoms with Crippen LogP contribution < -0.4 is 4.74 Å². The number of methoxy groups -OCH3 is 1. The molecule has 0 saturated carbocycles. The second-order valence-electron chi connectivity index (χ2n) is 9.32. The molecule has 0 bridgehead atoms. The molecule has 2 heterocycles. The highest BCUT2D eigenvalue weighted by Crippen LogP contribution is 2.35. The lowest BCUT2D eigenvalue weighted by Gasteiger charge is -2.23. The minimum atomic E-state index is -3.84. The van der Waals surface area contributed by atoms with Crippen molar-refractivity contribution in [3.05, 3.63) is 82.4 Å². The number of sulfonamides is 1. The zero-order chi connectivity index (χ0) is 27.0. The number of fused-ring (bicyclic) bond motifs is 2. The second kappa shape index (κ2) is 10.4. The largest absolute Gasteiger partial charge is 0.488 e. The standard InChI is InChI=1S/C27H27ClN4O5S/c1-17-15-32(38(34,35)26-7-5-4-6-25(26)37-17)16-20-12-18(8-10-22(20)28)21(14-27(33)36-3)19-9-11-24-23(13-19)29-30-31(24)2/h4-13,17,21H,14-16H2,1-3H3. The number of hydrogen-bond donors (Lipinski definition) is 0. The third-order valence-corrected chi connectivity index (χ3v) is 8.93. The Morgan fingerprint density at radius 3 is 2.68 bits per heavy atom. The maximum atomic E-state index is 13.6. The fourth-order valence-electron chi connectivity index (χ4n) is 4.76.